The van der Waals surface area contributed by atoms with Crippen molar-refractivity contribution < 1.29 is 0 Å². The minimum Gasteiger partial charge on any atom is -0.271 e. The summed E-state index contributed by atoms with van der Waals surface area (Å²) in [4.78, 5) is 1.26. The smallest absolute Gasteiger partial charge is 0.0406 e. The van der Waals surface area contributed by atoms with Crippen LogP contribution >= 0.6 is 23.4 Å². The van der Waals surface area contributed by atoms with Gasteiger partial charge in [0.1, 0.15) is 0 Å². The molecule has 0 saturated heterocycles. The van der Waals surface area contributed by atoms with Crippen molar-refractivity contribution in [2.24, 2.45) is 5.84 Å². The molecule has 2 rings (SSSR count). The molecule has 1 unspecified atom stereocenters. The summed E-state index contributed by atoms with van der Waals surface area (Å²) in [7, 11) is 0. The highest BCUT2D eigenvalue weighted by atomic mass is 35.5. The van der Waals surface area contributed by atoms with Gasteiger partial charge in [-0.3, -0.25) is 11.3 Å². The number of benzene rings is 2. The molecule has 0 spiro atoms. The molecular formula is C15H17ClN2S. The molecule has 1 atom stereocenters. The second kappa shape index (κ2) is 7.56. The van der Waals surface area contributed by atoms with Crippen molar-refractivity contribution in [2.45, 2.75) is 17.4 Å². The highest BCUT2D eigenvalue weighted by Gasteiger charge is 2.08. The molecule has 2 aromatic carbocycles. The zero-order chi connectivity index (χ0) is 13.5. The molecule has 0 amide bonds. The van der Waals surface area contributed by atoms with Gasteiger partial charge in [-0.05, 0) is 36.2 Å². The maximum atomic E-state index is 5.88. The Morgan fingerprint density at radius 2 is 1.74 bits per heavy atom. The van der Waals surface area contributed by atoms with Crippen molar-refractivity contribution in [3.63, 3.8) is 0 Å². The van der Waals surface area contributed by atoms with Crippen molar-refractivity contribution in [1.29, 1.82) is 0 Å². The fourth-order valence-corrected chi connectivity index (χ4v) is 2.87. The van der Waals surface area contributed by atoms with E-state index in [1.807, 2.05) is 42.5 Å². The summed E-state index contributed by atoms with van der Waals surface area (Å²) in [6.45, 7) is 0. The number of nitrogens with one attached hydrogen (secondary N) is 1. The number of halogens is 1. The third-order valence-electron chi connectivity index (χ3n) is 2.83. The number of thioether (sulfide) groups is 1. The average Bonchev–Trinajstić information content (AvgIpc) is 2.46. The minimum atomic E-state index is 0.242. The van der Waals surface area contributed by atoms with E-state index in [1.165, 1.54) is 10.5 Å². The van der Waals surface area contributed by atoms with Gasteiger partial charge in [-0.25, -0.2) is 0 Å². The molecule has 2 nitrogen and oxygen atoms in total. The number of rotatable bonds is 6. The summed E-state index contributed by atoms with van der Waals surface area (Å²) in [5.74, 6) is 6.56. The van der Waals surface area contributed by atoms with Crippen LogP contribution < -0.4 is 11.3 Å². The molecule has 3 N–H and O–H groups in total. The lowest BCUT2D eigenvalue weighted by Crippen LogP contribution is -2.38. The third kappa shape index (κ3) is 4.88. The molecule has 0 heterocycles. The predicted octanol–water partition coefficient (Wildman–Crippen LogP) is 3.51. The zero-order valence-electron chi connectivity index (χ0n) is 10.6. The van der Waals surface area contributed by atoms with E-state index in [-0.39, 0.29) is 6.04 Å². The van der Waals surface area contributed by atoms with E-state index in [9.17, 15) is 0 Å². The van der Waals surface area contributed by atoms with Gasteiger partial charge in [-0.2, -0.15) is 0 Å². The molecular weight excluding hydrogens is 276 g/mol. The largest absolute Gasteiger partial charge is 0.271 e. The summed E-state index contributed by atoms with van der Waals surface area (Å²) in [6.07, 6.45) is 0.896. The van der Waals surface area contributed by atoms with Crippen molar-refractivity contribution in [1.82, 2.24) is 5.43 Å². The minimum absolute atomic E-state index is 0.242. The van der Waals surface area contributed by atoms with Gasteiger partial charge in [-0.15, -0.1) is 11.8 Å². The van der Waals surface area contributed by atoms with Gasteiger partial charge in [-0.1, -0.05) is 41.9 Å². The lowest BCUT2D eigenvalue weighted by atomic mass is 10.1. The van der Waals surface area contributed by atoms with Crippen LogP contribution in [0.2, 0.25) is 5.02 Å². The van der Waals surface area contributed by atoms with Crippen molar-refractivity contribution >= 4 is 23.4 Å². The van der Waals surface area contributed by atoms with E-state index in [0.717, 1.165) is 17.2 Å². The number of hydrogen-bond donors (Lipinski definition) is 2. The molecule has 0 fully saturated rings. The lowest BCUT2D eigenvalue weighted by Gasteiger charge is -2.15. The summed E-state index contributed by atoms with van der Waals surface area (Å²) in [5.41, 5.74) is 4.12. The van der Waals surface area contributed by atoms with E-state index in [2.05, 4.69) is 17.6 Å². The molecule has 0 aromatic heterocycles. The monoisotopic (exact) mass is 292 g/mol. The van der Waals surface area contributed by atoms with E-state index in [0.29, 0.717) is 0 Å². The first kappa shape index (κ1) is 14.4. The van der Waals surface area contributed by atoms with Gasteiger partial charge in [0.2, 0.25) is 0 Å². The normalized spacial score (nSPS) is 12.3. The van der Waals surface area contributed by atoms with Crippen LogP contribution in [0.4, 0.5) is 0 Å². The maximum absolute atomic E-state index is 5.88. The van der Waals surface area contributed by atoms with E-state index in [4.69, 9.17) is 17.4 Å². The molecule has 0 aliphatic rings. The van der Waals surface area contributed by atoms with Gasteiger partial charge in [0, 0.05) is 21.7 Å². The molecule has 0 radical (unpaired) electrons. The molecule has 100 valence electrons. The van der Waals surface area contributed by atoms with Crippen LogP contribution in [0.15, 0.2) is 59.5 Å². The molecule has 0 aliphatic carbocycles. The van der Waals surface area contributed by atoms with Crippen molar-refractivity contribution in [3.05, 3.63) is 65.2 Å². The molecule has 0 aliphatic heterocycles. The summed E-state index contributed by atoms with van der Waals surface area (Å²) in [5, 5.41) is 0.764. The molecule has 4 heteroatoms. The van der Waals surface area contributed by atoms with Crippen LogP contribution in [0.3, 0.4) is 0 Å². The second-order valence-electron chi connectivity index (χ2n) is 4.32. The number of hydrogen-bond acceptors (Lipinski definition) is 3. The van der Waals surface area contributed by atoms with Crippen LogP contribution in [0, 0.1) is 0 Å². The first-order chi connectivity index (χ1) is 9.28. The Labute approximate surface area is 123 Å². The van der Waals surface area contributed by atoms with Crippen LogP contribution in [0.5, 0.6) is 0 Å². The number of hydrazine groups is 1. The summed E-state index contributed by atoms with van der Waals surface area (Å²) >= 11 is 7.69. The van der Waals surface area contributed by atoms with Gasteiger partial charge in [0.25, 0.3) is 0 Å². The average molecular weight is 293 g/mol. The fraction of sp³-hybridized carbons (Fsp3) is 0.200. The van der Waals surface area contributed by atoms with Crippen LogP contribution in [0.25, 0.3) is 0 Å². The molecule has 0 saturated carbocycles. The molecule has 19 heavy (non-hydrogen) atoms. The topological polar surface area (TPSA) is 38.0 Å². The zero-order valence-corrected chi connectivity index (χ0v) is 12.1. The number of nitrogens with two attached hydrogens (primary N) is 1. The van der Waals surface area contributed by atoms with Crippen LogP contribution in [-0.2, 0) is 6.42 Å². The summed E-state index contributed by atoms with van der Waals surface area (Å²) in [6, 6.07) is 18.5. The Morgan fingerprint density at radius 1 is 1.05 bits per heavy atom. The van der Waals surface area contributed by atoms with Crippen molar-refractivity contribution in [2.75, 3.05) is 5.75 Å². The predicted molar refractivity (Wildman–Crippen MR) is 83.4 cm³/mol. The van der Waals surface area contributed by atoms with Crippen molar-refractivity contribution in [3.8, 4) is 0 Å². The van der Waals surface area contributed by atoms with Gasteiger partial charge in [0.05, 0.1) is 0 Å². The van der Waals surface area contributed by atoms with Gasteiger partial charge < -0.3 is 0 Å². The second-order valence-corrected chi connectivity index (χ2v) is 5.85. The van der Waals surface area contributed by atoms with Crippen LogP contribution in [0.1, 0.15) is 5.56 Å². The van der Waals surface area contributed by atoms with E-state index in [1.54, 1.807) is 11.8 Å². The van der Waals surface area contributed by atoms with Gasteiger partial charge in [0.15, 0.2) is 0 Å². The van der Waals surface area contributed by atoms with Crippen LogP contribution in [-0.4, -0.2) is 11.8 Å². The SMILES string of the molecule is NNC(CSc1ccccc1)Cc1ccc(Cl)cc1. The quantitative estimate of drug-likeness (QED) is 0.486. The Balaban J connectivity index is 1.88. The maximum Gasteiger partial charge on any atom is 0.0406 e. The molecule has 0 bridgehead atoms. The highest BCUT2D eigenvalue weighted by Crippen LogP contribution is 2.19. The first-order valence-electron chi connectivity index (χ1n) is 6.16. The third-order valence-corrected chi connectivity index (χ3v) is 4.25. The standard InChI is InChI=1S/C15H17ClN2S/c16-13-8-6-12(7-9-13)10-14(18-17)11-19-15-4-2-1-3-5-15/h1-9,14,18H,10-11,17H2. The Hall–Kier alpha value is -1.00. The lowest BCUT2D eigenvalue weighted by molar-refractivity contribution is 0.575. The molecule has 2 aromatic rings. The Morgan fingerprint density at radius 3 is 2.37 bits per heavy atom. The van der Waals surface area contributed by atoms with E-state index >= 15 is 0 Å². The Bertz CT molecular complexity index is 487. The summed E-state index contributed by atoms with van der Waals surface area (Å²) < 4.78 is 0. The fourth-order valence-electron chi connectivity index (χ4n) is 1.78. The Kier molecular flexibility index (Phi) is 5.73. The highest BCUT2D eigenvalue weighted by molar-refractivity contribution is 7.99. The van der Waals surface area contributed by atoms with Gasteiger partial charge >= 0.3 is 0 Å². The first-order valence-corrected chi connectivity index (χ1v) is 7.52. The van der Waals surface area contributed by atoms with E-state index < -0.39 is 0 Å².